The summed E-state index contributed by atoms with van der Waals surface area (Å²) in [7, 11) is 0. The molecule has 0 radical (unpaired) electrons. The summed E-state index contributed by atoms with van der Waals surface area (Å²) < 4.78 is -1.08. The SMILES string of the molecule is ClC1Cc2ccccc2C(Cl)(Cl)C1Cl. The molecule has 1 aliphatic rings. The molecule has 2 atom stereocenters. The molecule has 2 rings (SSSR count). The monoisotopic (exact) mass is 268 g/mol. The van der Waals surface area contributed by atoms with E-state index in [1.807, 2.05) is 24.3 Å². The van der Waals surface area contributed by atoms with Crippen molar-refractivity contribution in [2.75, 3.05) is 0 Å². The summed E-state index contributed by atoms with van der Waals surface area (Å²) >= 11 is 24.6. The normalized spacial score (nSPS) is 29.7. The summed E-state index contributed by atoms with van der Waals surface area (Å²) in [4.78, 5) is 0. The third-order valence-electron chi connectivity index (χ3n) is 2.46. The zero-order chi connectivity index (χ0) is 10.3. The van der Waals surface area contributed by atoms with Crippen molar-refractivity contribution < 1.29 is 0 Å². The Bertz CT molecular complexity index is 348. The van der Waals surface area contributed by atoms with E-state index in [9.17, 15) is 0 Å². The lowest BCUT2D eigenvalue weighted by atomic mass is 9.90. The van der Waals surface area contributed by atoms with Crippen molar-refractivity contribution >= 4 is 46.4 Å². The largest absolute Gasteiger partial charge is 0.161 e. The first-order valence-corrected chi connectivity index (χ1v) is 5.90. The highest BCUT2D eigenvalue weighted by molar-refractivity contribution is 6.53. The van der Waals surface area contributed by atoms with Crippen molar-refractivity contribution in [3.8, 4) is 0 Å². The molecule has 0 nitrogen and oxygen atoms in total. The van der Waals surface area contributed by atoms with Crippen LogP contribution < -0.4 is 0 Å². The van der Waals surface area contributed by atoms with Gasteiger partial charge < -0.3 is 0 Å². The molecule has 0 saturated carbocycles. The van der Waals surface area contributed by atoms with E-state index in [1.54, 1.807) is 0 Å². The zero-order valence-electron chi connectivity index (χ0n) is 7.18. The van der Waals surface area contributed by atoms with Crippen LogP contribution in [0, 0.1) is 0 Å². The van der Waals surface area contributed by atoms with Crippen LogP contribution in [-0.4, -0.2) is 10.8 Å². The van der Waals surface area contributed by atoms with Crippen LogP contribution in [0.15, 0.2) is 24.3 Å². The number of hydrogen-bond donors (Lipinski definition) is 0. The van der Waals surface area contributed by atoms with Gasteiger partial charge in [-0.2, -0.15) is 0 Å². The Morgan fingerprint density at radius 1 is 1.14 bits per heavy atom. The minimum atomic E-state index is -1.08. The molecule has 1 aromatic carbocycles. The van der Waals surface area contributed by atoms with E-state index in [4.69, 9.17) is 46.4 Å². The maximum Gasteiger partial charge on any atom is 0.161 e. The maximum atomic E-state index is 6.20. The van der Waals surface area contributed by atoms with E-state index in [-0.39, 0.29) is 5.38 Å². The molecule has 2 unspecified atom stereocenters. The Balaban J connectivity index is 2.54. The molecule has 0 saturated heterocycles. The second-order valence-electron chi connectivity index (χ2n) is 3.40. The first-order chi connectivity index (χ1) is 6.53. The Morgan fingerprint density at radius 3 is 2.50 bits per heavy atom. The van der Waals surface area contributed by atoms with Crippen molar-refractivity contribution in [3.05, 3.63) is 35.4 Å². The van der Waals surface area contributed by atoms with Gasteiger partial charge in [-0.1, -0.05) is 47.5 Å². The predicted molar refractivity (Wildman–Crippen MR) is 62.8 cm³/mol. The van der Waals surface area contributed by atoms with Crippen LogP contribution in [0.3, 0.4) is 0 Å². The van der Waals surface area contributed by atoms with Crippen molar-refractivity contribution in [3.63, 3.8) is 0 Å². The molecule has 0 aliphatic heterocycles. The quantitative estimate of drug-likeness (QED) is 0.623. The Kier molecular flexibility index (Phi) is 2.92. The highest BCUT2D eigenvalue weighted by atomic mass is 35.5. The molecule has 0 aromatic heterocycles. The van der Waals surface area contributed by atoms with Gasteiger partial charge in [0.15, 0.2) is 4.33 Å². The topological polar surface area (TPSA) is 0 Å². The number of hydrogen-bond acceptors (Lipinski definition) is 0. The predicted octanol–water partition coefficient (Wildman–Crippen LogP) is 4.09. The number of halogens is 4. The third kappa shape index (κ3) is 1.63. The Morgan fingerprint density at radius 2 is 1.79 bits per heavy atom. The zero-order valence-corrected chi connectivity index (χ0v) is 10.2. The van der Waals surface area contributed by atoms with Gasteiger partial charge in [0.1, 0.15) is 0 Å². The molecular weight excluding hydrogens is 262 g/mol. The van der Waals surface area contributed by atoms with E-state index >= 15 is 0 Å². The molecule has 0 heterocycles. The number of alkyl halides is 4. The van der Waals surface area contributed by atoms with E-state index in [1.165, 1.54) is 0 Å². The molecular formula is C10H8Cl4. The van der Waals surface area contributed by atoms with Crippen LogP contribution in [-0.2, 0) is 10.8 Å². The Labute approximate surface area is 103 Å². The van der Waals surface area contributed by atoms with Crippen LogP contribution in [0.1, 0.15) is 11.1 Å². The molecule has 1 aromatic rings. The first kappa shape index (κ1) is 10.9. The van der Waals surface area contributed by atoms with Crippen LogP contribution in [0.4, 0.5) is 0 Å². The molecule has 0 fully saturated rings. The lowest BCUT2D eigenvalue weighted by Crippen LogP contribution is -2.38. The van der Waals surface area contributed by atoms with Gasteiger partial charge in [0.25, 0.3) is 0 Å². The van der Waals surface area contributed by atoms with Gasteiger partial charge in [0.05, 0.1) is 10.8 Å². The van der Waals surface area contributed by atoms with Gasteiger partial charge in [0.2, 0.25) is 0 Å². The number of fused-ring (bicyclic) bond motifs is 1. The van der Waals surface area contributed by atoms with Crippen molar-refractivity contribution in [1.29, 1.82) is 0 Å². The maximum absolute atomic E-state index is 6.20. The second kappa shape index (κ2) is 3.75. The lowest BCUT2D eigenvalue weighted by Gasteiger charge is -2.35. The molecule has 0 spiro atoms. The summed E-state index contributed by atoms with van der Waals surface area (Å²) in [6, 6.07) is 7.72. The number of benzene rings is 1. The summed E-state index contributed by atoms with van der Waals surface area (Å²) in [5.74, 6) is 0. The highest BCUT2D eigenvalue weighted by Crippen LogP contribution is 2.48. The molecule has 1 aliphatic carbocycles. The molecule has 0 N–H and O–H groups in total. The van der Waals surface area contributed by atoms with Gasteiger partial charge in [0, 0.05) is 0 Å². The third-order valence-corrected chi connectivity index (χ3v) is 4.72. The number of rotatable bonds is 0. The first-order valence-electron chi connectivity index (χ1n) is 4.28. The van der Waals surface area contributed by atoms with Gasteiger partial charge >= 0.3 is 0 Å². The van der Waals surface area contributed by atoms with Crippen molar-refractivity contribution in [1.82, 2.24) is 0 Å². The smallest absolute Gasteiger partial charge is 0.121 e. The van der Waals surface area contributed by atoms with Crippen LogP contribution in [0.5, 0.6) is 0 Å². The summed E-state index contributed by atoms with van der Waals surface area (Å²) in [5.41, 5.74) is 1.95. The van der Waals surface area contributed by atoms with E-state index < -0.39 is 9.71 Å². The van der Waals surface area contributed by atoms with Crippen LogP contribution in [0.2, 0.25) is 0 Å². The fourth-order valence-electron chi connectivity index (χ4n) is 1.71. The summed E-state index contributed by atoms with van der Waals surface area (Å²) in [6.07, 6.45) is 0.715. The van der Waals surface area contributed by atoms with E-state index in [0.717, 1.165) is 11.1 Å². The molecule has 0 amide bonds. The Hall–Kier alpha value is 0.380. The van der Waals surface area contributed by atoms with Gasteiger partial charge in [-0.05, 0) is 17.5 Å². The van der Waals surface area contributed by atoms with Crippen LogP contribution in [0.25, 0.3) is 0 Å². The molecule has 76 valence electrons. The highest BCUT2D eigenvalue weighted by Gasteiger charge is 2.44. The van der Waals surface area contributed by atoms with Gasteiger partial charge in [-0.15, -0.1) is 23.2 Å². The standard InChI is InChI=1S/C10H8Cl4/c11-8-5-6-3-1-2-4-7(6)10(13,14)9(8)12/h1-4,8-9H,5H2. The van der Waals surface area contributed by atoms with Gasteiger partial charge in [-0.3, -0.25) is 0 Å². The van der Waals surface area contributed by atoms with E-state index in [0.29, 0.717) is 6.42 Å². The fraction of sp³-hybridized carbons (Fsp3) is 0.400. The van der Waals surface area contributed by atoms with E-state index in [2.05, 4.69) is 0 Å². The summed E-state index contributed by atoms with van der Waals surface area (Å²) in [6.45, 7) is 0. The average molecular weight is 270 g/mol. The minimum Gasteiger partial charge on any atom is -0.121 e. The van der Waals surface area contributed by atoms with Gasteiger partial charge in [-0.25, -0.2) is 0 Å². The summed E-state index contributed by atoms with van der Waals surface area (Å²) in [5, 5.41) is -0.677. The second-order valence-corrected chi connectivity index (χ2v) is 5.82. The molecule has 4 heteroatoms. The molecule has 14 heavy (non-hydrogen) atoms. The van der Waals surface area contributed by atoms with Crippen LogP contribution >= 0.6 is 46.4 Å². The van der Waals surface area contributed by atoms with Crippen molar-refractivity contribution in [2.24, 2.45) is 0 Å². The average Bonchev–Trinajstić information content (AvgIpc) is 2.15. The minimum absolute atomic E-state index is 0.221. The lowest BCUT2D eigenvalue weighted by molar-refractivity contribution is 0.642. The van der Waals surface area contributed by atoms with Crippen molar-refractivity contribution in [2.45, 2.75) is 21.5 Å². The molecule has 0 bridgehead atoms. The fourth-order valence-corrected chi connectivity index (χ4v) is 3.08.